The summed E-state index contributed by atoms with van der Waals surface area (Å²) in [7, 11) is 0. The molecule has 0 aliphatic carbocycles. The SMILES string of the molecule is CC1(C)S[C@@H]2[C@H](NC(=O)Cc3ccc(O)c(NC(=O)N4CC5C(c6ccccc6)NN5C4=O)c3)C(=O)N2[C@H]1C(=O)O. The highest BCUT2D eigenvalue weighted by atomic mass is 32.2. The number of thioether (sulfide) groups is 1. The highest BCUT2D eigenvalue weighted by molar-refractivity contribution is 8.01. The van der Waals surface area contributed by atoms with Gasteiger partial charge in [-0.3, -0.25) is 14.6 Å². The summed E-state index contributed by atoms with van der Waals surface area (Å²) in [5, 5.41) is 26.1. The summed E-state index contributed by atoms with van der Waals surface area (Å²) >= 11 is 1.33. The smallest absolute Gasteiger partial charge is 0.342 e. The number of carbonyl (C=O) groups is 5. The van der Waals surface area contributed by atoms with Gasteiger partial charge in [-0.2, -0.15) is 0 Å². The molecule has 0 bridgehead atoms. The molecule has 41 heavy (non-hydrogen) atoms. The number of benzene rings is 2. The normalized spacial score (nSPS) is 27.5. The van der Waals surface area contributed by atoms with Crippen molar-refractivity contribution in [1.29, 1.82) is 0 Å². The summed E-state index contributed by atoms with van der Waals surface area (Å²) in [5.74, 6) is -2.25. The predicted octanol–water partition coefficient (Wildman–Crippen LogP) is 1.46. The number of phenolic OH excluding ortho intramolecular Hbond substituents is 1. The van der Waals surface area contributed by atoms with Crippen molar-refractivity contribution in [3.63, 3.8) is 0 Å². The van der Waals surface area contributed by atoms with E-state index < -0.39 is 52.1 Å². The van der Waals surface area contributed by atoms with Crippen LogP contribution >= 0.6 is 11.8 Å². The summed E-state index contributed by atoms with van der Waals surface area (Å²) in [6.07, 6.45) is -0.156. The minimum atomic E-state index is -1.09. The number of anilines is 1. The molecule has 4 heterocycles. The Morgan fingerprint density at radius 3 is 2.56 bits per heavy atom. The first kappa shape index (κ1) is 26.9. The van der Waals surface area contributed by atoms with Crippen molar-refractivity contribution < 1.29 is 34.2 Å². The van der Waals surface area contributed by atoms with Crippen LogP contribution in [0.5, 0.6) is 5.75 Å². The summed E-state index contributed by atoms with van der Waals surface area (Å²) in [5.41, 5.74) is 4.54. The second-order valence-electron chi connectivity index (χ2n) is 10.9. The maximum atomic E-state index is 13.0. The molecule has 5 N–H and O–H groups in total. The number of rotatable bonds is 6. The number of carbonyl (C=O) groups excluding carboxylic acids is 4. The van der Waals surface area contributed by atoms with E-state index in [1.54, 1.807) is 13.8 Å². The minimum Gasteiger partial charge on any atom is -0.506 e. The summed E-state index contributed by atoms with van der Waals surface area (Å²) < 4.78 is -0.707. The van der Waals surface area contributed by atoms with Crippen LogP contribution in [0.2, 0.25) is 0 Å². The molecule has 0 aromatic heterocycles. The number of fused-ring (bicyclic) bond motifs is 2. The van der Waals surface area contributed by atoms with E-state index in [-0.39, 0.29) is 36.5 Å². The number of nitrogens with one attached hydrogen (secondary N) is 3. The first-order valence-corrected chi connectivity index (χ1v) is 13.9. The van der Waals surface area contributed by atoms with Gasteiger partial charge in [0.05, 0.1) is 30.7 Å². The van der Waals surface area contributed by atoms with E-state index in [4.69, 9.17) is 0 Å². The molecule has 2 aromatic rings. The van der Waals surface area contributed by atoms with Gasteiger partial charge in [-0.15, -0.1) is 11.8 Å². The summed E-state index contributed by atoms with van der Waals surface area (Å²) in [6.45, 7) is 3.66. The molecule has 214 valence electrons. The van der Waals surface area contributed by atoms with Crippen molar-refractivity contribution >= 4 is 47.3 Å². The van der Waals surface area contributed by atoms with Crippen molar-refractivity contribution in [3.8, 4) is 5.75 Å². The van der Waals surface area contributed by atoms with Crippen LogP contribution in [0.3, 0.4) is 0 Å². The molecule has 13 nitrogen and oxygen atoms in total. The first-order valence-electron chi connectivity index (χ1n) is 13.0. The molecule has 4 saturated heterocycles. The van der Waals surface area contributed by atoms with Crippen LogP contribution in [0.25, 0.3) is 0 Å². The van der Waals surface area contributed by atoms with E-state index in [9.17, 15) is 34.2 Å². The van der Waals surface area contributed by atoms with Crippen LogP contribution in [0.15, 0.2) is 48.5 Å². The standard InChI is InChI=1S/C27H28N6O7S/c1-27(2)21(24(37)38)32-22(36)20(23(32)41-27)29-18(35)11-13-8-9-17(34)15(10-13)28-25(39)31-12-16-19(30-33(16)26(31)40)14-6-4-3-5-7-14/h3-10,16,19-21,23,30,34H,11-12H2,1-2H3,(H,28,39)(H,29,35)(H,37,38)/t16?,19?,20-,21+,23-/m1/s1. The second kappa shape index (κ2) is 9.66. The van der Waals surface area contributed by atoms with E-state index in [0.29, 0.717) is 5.56 Å². The molecule has 5 atom stereocenters. The Morgan fingerprint density at radius 1 is 1.12 bits per heavy atom. The zero-order valence-corrected chi connectivity index (χ0v) is 22.9. The third-order valence-corrected chi connectivity index (χ3v) is 9.44. The molecule has 4 fully saturated rings. The molecule has 14 heteroatoms. The highest BCUT2D eigenvalue weighted by Crippen LogP contribution is 2.50. The number of imide groups is 1. The largest absolute Gasteiger partial charge is 0.506 e. The van der Waals surface area contributed by atoms with Crippen molar-refractivity contribution in [2.45, 2.75) is 54.6 Å². The zero-order valence-electron chi connectivity index (χ0n) is 22.1. The molecule has 2 aromatic carbocycles. The van der Waals surface area contributed by atoms with Crippen molar-refractivity contribution in [3.05, 3.63) is 59.7 Å². The molecule has 6 amide bonds. The lowest BCUT2D eigenvalue weighted by molar-refractivity contribution is -0.161. The van der Waals surface area contributed by atoms with Gasteiger partial charge in [-0.25, -0.2) is 24.7 Å². The first-order chi connectivity index (χ1) is 19.5. The molecule has 0 spiro atoms. The van der Waals surface area contributed by atoms with Gasteiger partial charge in [0.15, 0.2) is 0 Å². The summed E-state index contributed by atoms with van der Waals surface area (Å²) in [6, 6.07) is 10.5. The lowest BCUT2D eigenvalue weighted by Crippen LogP contribution is -2.70. The third kappa shape index (κ3) is 4.43. The van der Waals surface area contributed by atoms with Crippen LogP contribution in [0, 0.1) is 0 Å². The predicted molar refractivity (Wildman–Crippen MR) is 147 cm³/mol. The van der Waals surface area contributed by atoms with Crippen LogP contribution < -0.4 is 16.1 Å². The Morgan fingerprint density at radius 2 is 1.85 bits per heavy atom. The van der Waals surface area contributed by atoms with Gasteiger partial charge in [0.25, 0.3) is 0 Å². The fourth-order valence-corrected chi connectivity index (χ4v) is 7.46. The van der Waals surface area contributed by atoms with Gasteiger partial charge >= 0.3 is 18.0 Å². The van der Waals surface area contributed by atoms with Gasteiger partial charge in [0, 0.05) is 4.75 Å². The van der Waals surface area contributed by atoms with Gasteiger partial charge in [0.1, 0.15) is 23.2 Å². The van der Waals surface area contributed by atoms with Gasteiger partial charge in [0.2, 0.25) is 11.8 Å². The second-order valence-corrected chi connectivity index (χ2v) is 12.7. The van der Waals surface area contributed by atoms with E-state index in [2.05, 4.69) is 16.1 Å². The number of β-lactam (4-membered cyclic amide) rings is 1. The number of hydrogen-bond donors (Lipinski definition) is 5. The molecule has 0 saturated carbocycles. The molecule has 2 unspecified atom stereocenters. The highest BCUT2D eigenvalue weighted by Gasteiger charge is 2.64. The van der Waals surface area contributed by atoms with E-state index in [1.165, 1.54) is 39.9 Å². The van der Waals surface area contributed by atoms with Crippen molar-refractivity contribution in [1.82, 2.24) is 25.6 Å². The van der Waals surface area contributed by atoms with E-state index in [1.807, 2.05) is 30.3 Å². The Labute approximate surface area is 238 Å². The van der Waals surface area contributed by atoms with Crippen molar-refractivity contribution in [2.75, 3.05) is 11.9 Å². The number of amides is 6. The zero-order chi connectivity index (χ0) is 29.2. The molecular formula is C27H28N6O7S. The van der Waals surface area contributed by atoms with Crippen LogP contribution in [-0.2, 0) is 20.8 Å². The average Bonchev–Trinajstić information content (AvgIpc) is 3.31. The molecule has 6 rings (SSSR count). The van der Waals surface area contributed by atoms with E-state index >= 15 is 0 Å². The Balaban J connectivity index is 1.07. The molecule has 0 radical (unpaired) electrons. The van der Waals surface area contributed by atoms with Crippen LogP contribution in [-0.4, -0.2) is 89.7 Å². The number of carboxylic acids is 1. The number of aliphatic carboxylic acids is 1. The number of urea groups is 2. The lowest BCUT2D eigenvalue weighted by atomic mass is 9.96. The Hall–Kier alpha value is -4.30. The van der Waals surface area contributed by atoms with Gasteiger partial charge < -0.3 is 25.7 Å². The maximum absolute atomic E-state index is 13.0. The van der Waals surface area contributed by atoms with Crippen molar-refractivity contribution in [2.24, 2.45) is 0 Å². The Kier molecular flexibility index (Phi) is 6.34. The number of nitrogens with zero attached hydrogens (tertiary/aromatic N) is 3. The Bertz CT molecular complexity index is 1470. The van der Waals surface area contributed by atoms with Gasteiger partial charge in [-0.1, -0.05) is 36.4 Å². The number of hydrazine groups is 1. The van der Waals surface area contributed by atoms with E-state index in [0.717, 1.165) is 10.5 Å². The van der Waals surface area contributed by atoms with Gasteiger partial charge in [-0.05, 0) is 37.1 Å². The number of carboxylic acid groups (broad SMARTS) is 1. The van der Waals surface area contributed by atoms with Crippen LogP contribution in [0.1, 0.15) is 31.0 Å². The average molecular weight is 581 g/mol. The number of phenols is 1. The number of hydrogen-bond acceptors (Lipinski definition) is 8. The summed E-state index contributed by atoms with van der Waals surface area (Å²) in [4.78, 5) is 65.3. The van der Waals surface area contributed by atoms with Crippen LogP contribution in [0.4, 0.5) is 15.3 Å². The number of aromatic hydroxyl groups is 1. The fraction of sp³-hybridized carbons (Fsp3) is 0.370. The molecule has 4 aliphatic heterocycles. The fourth-order valence-electron chi connectivity index (χ4n) is 5.84. The molecule has 4 aliphatic rings. The maximum Gasteiger partial charge on any atom is 0.342 e. The topological polar surface area (TPSA) is 172 Å². The lowest BCUT2D eigenvalue weighted by Gasteiger charge is -2.43. The molecular weight excluding hydrogens is 552 g/mol. The third-order valence-electron chi connectivity index (χ3n) is 7.86. The monoisotopic (exact) mass is 580 g/mol. The minimum absolute atomic E-state index is 0.0261. The quantitative estimate of drug-likeness (QED) is 0.251.